The summed E-state index contributed by atoms with van der Waals surface area (Å²) in [5.74, 6) is 0.277. The van der Waals surface area contributed by atoms with Crippen molar-refractivity contribution < 1.29 is 14.3 Å². The van der Waals surface area contributed by atoms with Crippen molar-refractivity contribution in [3.8, 4) is 27.6 Å². The molecule has 0 spiro atoms. The fourth-order valence-corrected chi connectivity index (χ4v) is 6.02. The first-order chi connectivity index (χ1) is 20.0. The molecular formula is C32H31N5O3S. The number of amides is 1. The number of thiazole rings is 1. The summed E-state index contributed by atoms with van der Waals surface area (Å²) >= 11 is 1.49. The number of nitrogens with one attached hydrogen (secondary N) is 1. The van der Waals surface area contributed by atoms with E-state index in [0.717, 1.165) is 46.1 Å². The van der Waals surface area contributed by atoms with Crippen LogP contribution in [0.5, 0.6) is 5.75 Å². The average Bonchev–Trinajstić information content (AvgIpc) is 3.41. The van der Waals surface area contributed by atoms with Crippen LogP contribution in [-0.2, 0) is 4.74 Å². The maximum Gasteiger partial charge on any atom is 0.274 e. The van der Waals surface area contributed by atoms with Gasteiger partial charge in [0, 0.05) is 49.1 Å². The Morgan fingerprint density at radius 3 is 2.59 bits per heavy atom. The lowest BCUT2D eigenvalue weighted by atomic mass is 10.1. The third kappa shape index (κ3) is 6.43. The number of hydrogen-bond acceptors (Lipinski definition) is 8. The molecule has 2 aromatic carbocycles. The number of anilines is 1. The molecule has 0 aliphatic carbocycles. The van der Waals surface area contributed by atoms with Gasteiger partial charge in [-0.05, 0) is 38.1 Å². The van der Waals surface area contributed by atoms with Crippen molar-refractivity contribution in [3.63, 3.8) is 0 Å². The summed E-state index contributed by atoms with van der Waals surface area (Å²) in [5.41, 5.74) is 4.16. The van der Waals surface area contributed by atoms with Crippen LogP contribution in [-0.4, -0.2) is 64.2 Å². The predicted octanol–water partition coefficient (Wildman–Crippen LogP) is 6.16. The number of carbonyl (C=O) groups is 1. The normalized spacial score (nSPS) is 17.4. The summed E-state index contributed by atoms with van der Waals surface area (Å²) in [6.45, 7) is 7.19. The van der Waals surface area contributed by atoms with Gasteiger partial charge in [-0.3, -0.25) is 9.69 Å². The molecule has 41 heavy (non-hydrogen) atoms. The first kappa shape index (κ1) is 27.0. The number of pyridine rings is 2. The van der Waals surface area contributed by atoms with Crippen LogP contribution in [0.3, 0.4) is 0 Å². The van der Waals surface area contributed by atoms with Crippen LogP contribution in [0.4, 0.5) is 5.69 Å². The van der Waals surface area contributed by atoms with E-state index in [0.29, 0.717) is 23.7 Å². The molecule has 0 radical (unpaired) electrons. The Morgan fingerprint density at radius 1 is 1.00 bits per heavy atom. The highest BCUT2D eigenvalue weighted by molar-refractivity contribution is 7.21. The first-order valence-electron chi connectivity index (χ1n) is 13.7. The molecule has 2 unspecified atom stereocenters. The lowest BCUT2D eigenvalue weighted by molar-refractivity contribution is -0.0699. The molecule has 6 rings (SSSR count). The van der Waals surface area contributed by atoms with E-state index in [2.05, 4.69) is 29.0 Å². The third-order valence-corrected chi connectivity index (χ3v) is 7.86. The van der Waals surface area contributed by atoms with Gasteiger partial charge in [0.05, 0.1) is 23.6 Å². The van der Waals surface area contributed by atoms with Crippen LogP contribution in [0, 0.1) is 0 Å². The summed E-state index contributed by atoms with van der Waals surface area (Å²) in [5, 5.41) is 3.85. The minimum atomic E-state index is -0.324. The minimum Gasteiger partial charge on any atom is -0.492 e. The highest BCUT2D eigenvalue weighted by Gasteiger charge is 2.22. The Kier molecular flexibility index (Phi) is 8.00. The van der Waals surface area contributed by atoms with Crippen LogP contribution in [0.15, 0.2) is 85.1 Å². The second kappa shape index (κ2) is 12.1. The van der Waals surface area contributed by atoms with E-state index in [1.165, 1.54) is 11.3 Å². The SMILES string of the molecule is CC1CN(CCOc2cc(C(=O)Nc3ccccc3-c3nc4cccnc4s3)nc(-c3ccccc3)c2)CC(C)O1. The molecule has 1 aliphatic heterocycles. The maximum absolute atomic E-state index is 13.6. The van der Waals surface area contributed by atoms with Crippen molar-refractivity contribution in [2.24, 2.45) is 0 Å². The number of benzene rings is 2. The van der Waals surface area contributed by atoms with Gasteiger partial charge in [-0.25, -0.2) is 15.0 Å². The van der Waals surface area contributed by atoms with E-state index in [1.54, 1.807) is 12.3 Å². The van der Waals surface area contributed by atoms with Gasteiger partial charge in [0.15, 0.2) is 0 Å². The van der Waals surface area contributed by atoms with Gasteiger partial charge in [0.1, 0.15) is 33.4 Å². The lowest BCUT2D eigenvalue weighted by Crippen LogP contribution is -2.46. The van der Waals surface area contributed by atoms with Gasteiger partial charge >= 0.3 is 0 Å². The fourth-order valence-electron chi connectivity index (χ4n) is 5.07. The van der Waals surface area contributed by atoms with Gasteiger partial charge < -0.3 is 14.8 Å². The Balaban J connectivity index is 1.25. The predicted molar refractivity (Wildman–Crippen MR) is 162 cm³/mol. The monoisotopic (exact) mass is 565 g/mol. The number of nitrogens with zero attached hydrogens (tertiary/aromatic N) is 4. The Hall–Kier alpha value is -4.18. The minimum absolute atomic E-state index is 0.196. The van der Waals surface area contributed by atoms with E-state index >= 15 is 0 Å². The van der Waals surface area contributed by atoms with E-state index in [-0.39, 0.29) is 23.8 Å². The molecule has 0 bridgehead atoms. The van der Waals surface area contributed by atoms with Gasteiger partial charge in [-0.2, -0.15) is 0 Å². The molecule has 1 fully saturated rings. The lowest BCUT2D eigenvalue weighted by Gasteiger charge is -2.35. The van der Waals surface area contributed by atoms with Crippen LogP contribution in [0.2, 0.25) is 0 Å². The Labute approximate surface area is 243 Å². The number of aromatic nitrogens is 3. The van der Waals surface area contributed by atoms with Crippen molar-refractivity contribution in [2.75, 3.05) is 31.6 Å². The first-order valence-corrected chi connectivity index (χ1v) is 14.5. The molecular weight excluding hydrogens is 534 g/mol. The summed E-state index contributed by atoms with van der Waals surface area (Å²) in [4.78, 5) is 30.7. The zero-order valence-corrected chi connectivity index (χ0v) is 23.8. The maximum atomic E-state index is 13.6. The van der Waals surface area contributed by atoms with Crippen molar-refractivity contribution in [2.45, 2.75) is 26.1 Å². The van der Waals surface area contributed by atoms with Crippen molar-refractivity contribution in [3.05, 3.63) is 90.8 Å². The summed E-state index contributed by atoms with van der Waals surface area (Å²) in [6.07, 6.45) is 2.15. The molecule has 8 nitrogen and oxygen atoms in total. The van der Waals surface area contributed by atoms with Crippen molar-refractivity contribution in [1.29, 1.82) is 0 Å². The second-order valence-corrected chi connectivity index (χ2v) is 11.1. The Morgan fingerprint density at radius 2 is 1.78 bits per heavy atom. The van der Waals surface area contributed by atoms with Crippen LogP contribution < -0.4 is 10.1 Å². The molecule has 2 atom stereocenters. The molecule has 9 heteroatoms. The number of hydrogen-bond donors (Lipinski definition) is 1. The molecule has 0 saturated carbocycles. The molecule has 4 heterocycles. The average molecular weight is 566 g/mol. The van der Waals surface area contributed by atoms with Gasteiger partial charge in [0.25, 0.3) is 5.91 Å². The standard InChI is InChI=1S/C32H31N5O3S/c1-21-19-37(20-22(2)40-21)15-16-39-24-17-28(23-9-4-3-5-10-23)34-29(18-24)30(38)35-26-12-7-6-11-25(26)31-36-27-13-8-14-33-32(27)41-31/h3-14,17-18,21-22H,15-16,19-20H2,1-2H3,(H,35,38). The number of carbonyl (C=O) groups excluding carboxylic acids is 1. The molecule has 1 aliphatic rings. The van der Waals surface area contributed by atoms with Gasteiger partial charge in [-0.15, -0.1) is 0 Å². The molecule has 3 aromatic heterocycles. The van der Waals surface area contributed by atoms with Crippen LogP contribution in [0.25, 0.3) is 32.2 Å². The summed E-state index contributed by atoms with van der Waals surface area (Å²) in [6, 6.07) is 24.8. The molecule has 5 aromatic rings. The quantitative estimate of drug-likeness (QED) is 0.241. The fraction of sp³-hybridized carbons (Fsp3) is 0.250. The molecule has 208 valence electrons. The molecule has 1 N–H and O–H groups in total. The highest BCUT2D eigenvalue weighted by atomic mass is 32.1. The highest BCUT2D eigenvalue weighted by Crippen LogP contribution is 2.34. The van der Waals surface area contributed by atoms with Gasteiger partial charge in [-0.1, -0.05) is 53.8 Å². The topological polar surface area (TPSA) is 89.5 Å². The van der Waals surface area contributed by atoms with E-state index in [9.17, 15) is 4.79 Å². The number of fused-ring (bicyclic) bond motifs is 1. The summed E-state index contributed by atoms with van der Waals surface area (Å²) < 4.78 is 12.0. The zero-order chi connectivity index (χ0) is 28.2. The summed E-state index contributed by atoms with van der Waals surface area (Å²) in [7, 11) is 0. The Bertz CT molecular complexity index is 1620. The largest absolute Gasteiger partial charge is 0.492 e. The molecule has 1 saturated heterocycles. The van der Waals surface area contributed by atoms with Gasteiger partial charge in [0.2, 0.25) is 0 Å². The van der Waals surface area contributed by atoms with Crippen LogP contribution in [0.1, 0.15) is 24.3 Å². The van der Waals surface area contributed by atoms with Crippen LogP contribution >= 0.6 is 11.3 Å². The second-order valence-electron chi connectivity index (χ2n) is 10.2. The number of rotatable bonds is 8. The van der Waals surface area contributed by atoms with Crippen molar-refractivity contribution >= 4 is 33.3 Å². The number of morpholine rings is 1. The van der Waals surface area contributed by atoms with Crippen molar-refractivity contribution in [1.82, 2.24) is 19.9 Å². The van der Waals surface area contributed by atoms with E-state index < -0.39 is 0 Å². The number of ether oxygens (including phenoxy) is 2. The van der Waals surface area contributed by atoms with E-state index in [1.807, 2.05) is 72.8 Å². The smallest absolute Gasteiger partial charge is 0.274 e. The number of para-hydroxylation sites is 1. The molecule has 1 amide bonds. The zero-order valence-electron chi connectivity index (χ0n) is 23.0. The third-order valence-electron chi connectivity index (χ3n) is 6.84. The van der Waals surface area contributed by atoms with E-state index in [4.69, 9.17) is 19.4 Å².